The molecular formula is C20H21FO4. The Balaban J connectivity index is 2.01. The number of hydrogen-bond donors (Lipinski definition) is 0. The number of unbranched alkanes of at least 4 members (excludes halogenated alkanes) is 1. The summed E-state index contributed by atoms with van der Waals surface area (Å²) in [6.07, 6.45) is 1.81. The summed E-state index contributed by atoms with van der Waals surface area (Å²) in [5.74, 6) is -0.247. The highest BCUT2D eigenvalue weighted by molar-refractivity contribution is 5.96. The first kappa shape index (κ1) is 17.4. The second-order valence-electron chi connectivity index (χ2n) is 6.00. The topological polar surface area (TPSA) is 44.8 Å². The van der Waals surface area contributed by atoms with Crippen LogP contribution >= 0.6 is 0 Å². The monoisotopic (exact) mass is 344 g/mol. The normalized spacial score (nSPS) is 12.8. The Hall–Kier alpha value is -2.40. The number of para-hydroxylation sites is 1. The number of esters is 1. The van der Waals surface area contributed by atoms with E-state index in [0.29, 0.717) is 29.2 Å². The van der Waals surface area contributed by atoms with E-state index in [-0.39, 0.29) is 24.3 Å². The second-order valence-corrected chi connectivity index (χ2v) is 6.00. The van der Waals surface area contributed by atoms with E-state index in [1.54, 1.807) is 31.2 Å². The van der Waals surface area contributed by atoms with Crippen LogP contribution < -0.4 is 9.47 Å². The number of halogens is 1. The first-order chi connectivity index (χ1) is 12.1. The molecule has 0 saturated carbocycles. The summed E-state index contributed by atoms with van der Waals surface area (Å²) in [5.41, 5.74) is 1.46. The molecule has 0 bridgehead atoms. The number of ether oxygens (including phenoxy) is 3. The molecular weight excluding hydrogens is 323 g/mol. The molecule has 1 aliphatic heterocycles. The van der Waals surface area contributed by atoms with Crippen LogP contribution in [0.15, 0.2) is 30.3 Å². The summed E-state index contributed by atoms with van der Waals surface area (Å²) < 4.78 is 31.4. The van der Waals surface area contributed by atoms with E-state index >= 15 is 0 Å². The van der Waals surface area contributed by atoms with Gasteiger partial charge < -0.3 is 14.2 Å². The van der Waals surface area contributed by atoms with Crippen molar-refractivity contribution in [3.63, 3.8) is 0 Å². The van der Waals surface area contributed by atoms with E-state index in [2.05, 4.69) is 6.92 Å². The average Bonchev–Trinajstić information content (AvgIpc) is 3.10. The van der Waals surface area contributed by atoms with Crippen molar-refractivity contribution in [2.45, 2.75) is 39.9 Å². The highest BCUT2D eigenvalue weighted by Crippen LogP contribution is 2.38. The third kappa shape index (κ3) is 3.51. The molecule has 0 fully saturated rings. The number of fused-ring (bicyclic) bond motifs is 1. The van der Waals surface area contributed by atoms with Crippen molar-refractivity contribution >= 4 is 5.97 Å². The summed E-state index contributed by atoms with van der Waals surface area (Å²) >= 11 is 0. The van der Waals surface area contributed by atoms with Gasteiger partial charge in [-0.1, -0.05) is 31.5 Å². The maximum Gasteiger partial charge on any atom is 0.347 e. The summed E-state index contributed by atoms with van der Waals surface area (Å²) in [5, 5.41) is 0. The maximum atomic E-state index is 14.7. The van der Waals surface area contributed by atoms with Gasteiger partial charge in [-0.05, 0) is 25.5 Å². The molecule has 0 aliphatic carbocycles. The molecule has 0 unspecified atom stereocenters. The van der Waals surface area contributed by atoms with Crippen LogP contribution in [0.3, 0.4) is 0 Å². The van der Waals surface area contributed by atoms with Gasteiger partial charge in [0.05, 0.1) is 19.8 Å². The van der Waals surface area contributed by atoms with Crippen molar-refractivity contribution in [2.75, 3.05) is 6.61 Å². The minimum Gasteiger partial charge on any atom is -0.492 e. The standard InChI is InChI=1S/C20H21FO4/c1-3-4-10-24-19-16-12-23-11-15(16)18(21)13(2)17(19)20(22)25-14-8-6-5-7-9-14/h5-9H,3-4,10-12H2,1-2H3. The van der Waals surface area contributed by atoms with Gasteiger partial charge >= 0.3 is 5.97 Å². The molecule has 0 aromatic heterocycles. The lowest BCUT2D eigenvalue weighted by Crippen LogP contribution is -2.16. The highest BCUT2D eigenvalue weighted by atomic mass is 19.1. The molecule has 0 spiro atoms. The van der Waals surface area contributed by atoms with Crippen LogP contribution in [-0.2, 0) is 18.0 Å². The van der Waals surface area contributed by atoms with Crippen LogP contribution in [0.25, 0.3) is 0 Å². The quantitative estimate of drug-likeness (QED) is 0.438. The van der Waals surface area contributed by atoms with Crippen LogP contribution in [0, 0.1) is 12.7 Å². The molecule has 3 rings (SSSR count). The average molecular weight is 344 g/mol. The zero-order chi connectivity index (χ0) is 17.8. The summed E-state index contributed by atoms with van der Waals surface area (Å²) in [7, 11) is 0. The molecule has 0 radical (unpaired) electrons. The molecule has 1 aliphatic rings. The van der Waals surface area contributed by atoms with Crippen molar-refractivity contribution < 1.29 is 23.4 Å². The number of hydrogen-bond acceptors (Lipinski definition) is 4. The Bertz CT molecular complexity index is 771. The fourth-order valence-corrected chi connectivity index (χ4v) is 2.86. The maximum absolute atomic E-state index is 14.7. The molecule has 132 valence electrons. The first-order valence-electron chi connectivity index (χ1n) is 8.45. The van der Waals surface area contributed by atoms with Gasteiger partial charge in [0, 0.05) is 16.7 Å². The SMILES string of the molecule is CCCCOc1c2c(c(F)c(C)c1C(=O)Oc1ccccc1)COC2. The largest absolute Gasteiger partial charge is 0.492 e. The molecule has 4 nitrogen and oxygen atoms in total. The zero-order valence-electron chi connectivity index (χ0n) is 14.4. The fraction of sp³-hybridized carbons (Fsp3) is 0.350. The number of benzene rings is 2. The molecule has 0 saturated heterocycles. The van der Waals surface area contributed by atoms with Gasteiger partial charge in [0.1, 0.15) is 22.9 Å². The number of rotatable bonds is 6. The van der Waals surface area contributed by atoms with Crippen molar-refractivity contribution in [2.24, 2.45) is 0 Å². The molecule has 2 aromatic rings. The lowest BCUT2D eigenvalue weighted by molar-refractivity contribution is 0.0728. The summed E-state index contributed by atoms with van der Waals surface area (Å²) in [4.78, 5) is 12.7. The van der Waals surface area contributed by atoms with Gasteiger partial charge in [-0.25, -0.2) is 9.18 Å². The molecule has 2 aromatic carbocycles. The Morgan fingerprint density at radius 1 is 1.20 bits per heavy atom. The van der Waals surface area contributed by atoms with Crippen molar-refractivity contribution in [3.8, 4) is 11.5 Å². The number of carbonyl (C=O) groups excluding carboxylic acids is 1. The summed E-state index contributed by atoms with van der Waals surface area (Å²) in [6.45, 7) is 4.51. The first-order valence-corrected chi connectivity index (χ1v) is 8.45. The predicted molar refractivity (Wildman–Crippen MR) is 91.4 cm³/mol. The molecule has 0 N–H and O–H groups in total. The summed E-state index contributed by atoms with van der Waals surface area (Å²) in [6, 6.07) is 8.72. The Labute approximate surface area is 146 Å². The third-order valence-electron chi connectivity index (χ3n) is 4.23. The van der Waals surface area contributed by atoms with Gasteiger partial charge in [-0.3, -0.25) is 0 Å². The molecule has 5 heteroatoms. The Morgan fingerprint density at radius 2 is 1.92 bits per heavy atom. The van der Waals surface area contributed by atoms with E-state index in [1.165, 1.54) is 0 Å². The molecule has 25 heavy (non-hydrogen) atoms. The smallest absolute Gasteiger partial charge is 0.347 e. The van der Waals surface area contributed by atoms with E-state index < -0.39 is 11.8 Å². The molecule has 1 heterocycles. The van der Waals surface area contributed by atoms with Crippen LogP contribution in [0.1, 0.15) is 46.8 Å². The van der Waals surface area contributed by atoms with E-state index in [1.807, 2.05) is 6.07 Å². The number of carbonyl (C=O) groups is 1. The Kier molecular flexibility index (Phi) is 5.34. The van der Waals surface area contributed by atoms with Crippen molar-refractivity contribution in [3.05, 3.63) is 58.4 Å². The molecule has 0 amide bonds. The lowest BCUT2D eigenvalue weighted by Gasteiger charge is -2.17. The van der Waals surface area contributed by atoms with Gasteiger partial charge in [0.2, 0.25) is 0 Å². The highest BCUT2D eigenvalue weighted by Gasteiger charge is 2.31. The molecule has 0 atom stereocenters. The van der Waals surface area contributed by atoms with Gasteiger partial charge in [0.15, 0.2) is 0 Å². The predicted octanol–water partition coefficient (Wildman–Crippen LogP) is 4.56. The van der Waals surface area contributed by atoms with Gasteiger partial charge in [0.25, 0.3) is 0 Å². The minimum absolute atomic E-state index is 0.140. The third-order valence-corrected chi connectivity index (χ3v) is 4.23. The van der Waals surface area contributed by atoms with Crippen molar-refractivity contribution in [1.82, 2.24) is 0 Å². The van der Waals surface area contributed by atoms with Gasteiger partial charge in [-0.15, -0.1) is 0 Å². The van der Waals surface area contributed by atoms with Crippen LogP contribution in [-0.4, -0.2) is 12.6 Å². The lowest BCUT2D eigenvalue weighted by atomic mass is 9.98. The van der Waals surface area contributed by atoms with E-state index in [0.717, 1.165) is 12.8 Å². The fourth-order valence-electron chi connectivity index (χ4n) is 2.86. The van der Waals surface area contributed by atoms with Crippen LogP contribution in [0.2, 0.25) is 0 Å². The van der Waals surface area contributed by atoms with Crippen molar-refractivity contribution in [1.29, 1.82) is 0 Å². The van der Waals surface area contributed by atoms with Crippen LogP contribution in [0.4, 0.5) is 4.39 Å². The second kappa shape index (κ2) is 7.66. The zero-order valence-corrected chi connectivity index (χ0v) is 14.4. The van der Waals surface area contributed by atoms with Gasteiger partial charge in [-0.2, -0.15) is 0 Å². The van der Waals surface area contributed by atoms with E-state index in [4.69, 9.17) is 14.2 Å². The van der Waals surface area contributed by atoms with Crippen LogP contribution in [0.5, 0.6) is 11.5 Å². The Morgan fingerprint density at radius 3 is 2.64 bits per heavy atom. The van der Waals surface area contributed by atoms with E-state index in [9.17, 15) is 9.18 Å². The minimum atomic E-state index is -0.621.